The van der Waals surface area contributed by atoms with E-state index >= 15 is 0 Å². The van der Waals surface area contributed by atoms with Crippen molar-refractivity contribution in [1.29, 1.82) is 5.26 Å². The van der Waals surface area contributed by atoms with E-state index in [4.69, 9.17) is 10.00 Å². The first-order valence-electron chi connectivity index (χ1n) is 8.74. The van der Waals surface area contributed by atoms with Crippen molar-refractivity contribution in [2.45, 2.75) is 50.7 Å². The number of alkyl halides is 3. The molecule has 3 fully saturated rings. The van der Waals surface area contributed by atoms with E-state index in [9.17, 15) is 27.9 Å². The van der Waals surface area contributed by atoms with E-state index in [0.29, 0.717) is 0 Å². The van der Waals surface area contributed by atoms with E-state index in [1.807, 2.05) is 0 Å². The van der Waals surface area contributed by atoms with Gasteiger partial charge >= 0.3 is 6.18 Å². The largest absolute Gasteiger partial charge is 0.418 e. The third-order valence-corrected chi connectivity index (χ3v) is 6.38. The summed E-state index contributed by atoms with van der Waals surface area (Å²) in [6, 6.07) is 3.65. The second kappa shape index (κ2) is 5.33. The van der Waals surface area contributed by atoms with Gasteiger partial charge in [-0.1, -0.05) is 0 Å². The molecule has 1 aromatic carbocycles. The van der Waals surface area contributed by atoms with E-state index in [0.717, 1.165) is 17.9 Å². The molecular formula is C19H17F3N2O4. The fourth-order valence-corrected chi connectivity index (χ4v) is 5.16. The molecule has 148 valence electrons. The number of anilines is 1. The lowest BCUT2D eigenvalue weighted by Gasteiger charge is -2.31. The van der Waals surface area contributed by atoms with E-state index in [1.165, 1.54) is 12.1 Å². The molecule has 3 heterocycles. The SMILES string of the molecule is Cc1c(N2C(=O)C3C(C2=O)C2(C)OC3(C)CC2O)ccc(C#N)c1C(F)(F)F. The highest BCUT2D eigenvalue weighted by Crippen LogP contribution is 2.61. The van der Waals surface area contributed by atoms with Gasteiger partial charge in [-0.2, -0.15) is 18.4 Å². The van der Waals surface area contributed by atoms with Crippen LogP contribution in [-0.2, 0) is 20.5 Å². The minimum Gasteiger partial charge on any atom is -0.390 e. The maximum Gasteiger partial charge on any atom is 0.418 e. The maximum atomic E-state index is 13.5. The van der Waals surface area contributed by atoms with Crippen molar-refractivity contribution in [3.8, 4) is 6.07 Å². The van der Waals surface area contributed by atoms with Crippen molar-refractivity contribution >= 4 is 17.5 Å². The second-order valence-electron chi connectivity index (χ2n) is 8.03. The molecular weight excluding hydrogens is 377 g/mol. The highest BCUT2D eigenvalue weighted by molar-refractivity contribution is 6.23. The van der Waals surface area contributed by atoms with Crippen LogP contribution in [0.15, 0.2) is 12.1 Å². The molecule has 5 unspecified atom stereocenters. The predicted octanol–water partition coefficient (Wildman–Crippen LogP) is 2.30. The van der Waals surface area contributed by atoms with Crippen LogP contribution in [0.3, 0.4) is 0 Å². The molecule has 6 nitrogen and oxygen atoms in total. The van der Waals surface area contributed by atoms with Gasteiger partial charge in [-0.25, -0.2) is 4.90 Å². The summed E-state index contributed by atoms with van der Waals surface area (Å²) in [7, 11) is 0. The first-order chi connectivity index (χ1) is 12.9. The van der Waals surface area contributed by atoms with Crippen molar-refractivity contribution in [2.24, 2.45) is 11.8 Å². The first kappa shape index (κ1) is 18.9. The standard InChI is InChI=1S/C19H17F3N2O4/c1-8-10(5-4-9(7-23)12(8)19(20,21)22)24-15(26)13-14(16(24)27)18(3)11(25)6-17(13,2)28-18/h4-5,11,13-14,25H,6H2,1-3H3. The monoisotopic (exact) mass is 394 g/mol. The fourth-order valence-electron chi connectivity index (χ4n) is 5.16. The lowest BCUT2D eigenvalue weighted by Crippen LogP contribution is -2.49. The summed E-state index contributed by atoms with van der Waals surface area (Å²) in [6.07, 6.45) is -5.61. The zero-order chi connectivity index (χ0) is 20.8. The van der Waals surface area contributed by atoms with Crippen LogP contribution in [0.4, 0.5) is 18.9 Å². The zero-order valence-electron chi connectivity index (χ0n) is 15.3. The van der Waals surface area contributed by atoms with E-state index in [-0.39, 0.29) is 17.7 Å². The summed E-state index contributed by atoms with van der Waals surface area (Å²) in [5.74, 6) is -3.19. The lowest BCUT2D eigenvalue weighted by atomic mass is 9.67. The van der Waals surface area contributed by atoms with Crippen LogP contribution in [0, 0.1) is 30.1 Å². The second-order valence-corrected chi connectivity index (χ2v) is 8.03. The van der Waals surface area contributed by atoms with Crippen molar-refractivity contribution in [3.63, 3.8) is 0 Å². The molecule has 0 saturated carbocycles. The molecule has 1 aromatic rings. The number of imide groups is 1. The molecule has 2 amide bonds. The van der Waals surface area contributed by atoms with Gasteiger partial charge in [-0.05, 0) is 38.5 Å². The Balaban J connectivity index is 1.86. The van der Waals surface area contributed by atoms with E-state index < -0.39 is 58.3 Å². The molecule has 2 bridgehead atoms. The molecule has 9 heteroatoms. The first-order valence-corrected chi connectivity index (χ1v) is 8.74. The number of nitriles is 1. The average molecular weight is 394 g/mol. The maximum absolute atomic E-state index is 13.5. The van der Waals surface area contributed by atoms with Crippen LogP contribution in [-0.4, -0.2) is 34.2 Å². The van der Waals surface area contributed by atoms with Crippen molar-refractivity contribution in [3.05, 3.63) is 28.8 Å². The quantitative estimate of drug-likeness (QED) is 0.739. The molecule has 3 aliphatic heterocycles. The summed E-state index contributed by atoms with van der Waals surface area (Å²) in [6.45, 7) is 4.32. The molecule has 4 rings (SSSR count). The summed E-state index contributed by atoms with van der Waals surface area (Å²) in [5, 5.41) is 19.4. The highest BCUT2D eigenvalue weighted by Gasteiger charge is 2.75. The predicted molar refractivity (Wildman–Crippen MR) is 88.9 cm³/mol. The number of ether oxygens (including phenoxy) is 1. The Morgan fingerprint density at radius 1 is 1.25 bits per heavy atom. The van der Waals surface area contributed by atoms with E-state index in [2.05, 4.69) is 0 Å². The van der Waals surface area contributed by atoms with Gasteiger partial charge < -0.3 is 9.84 Å². The van der Waals surface area contributed by atoms with Crippen molar-refractivity contribution in [2.75, 3.05) is 4.90 Å². The Bertz CT molecular complexity index is 969. The summed E-state index contributed by atoms with van der Waals surface area (Å²) in [4.78, 5) is 27.0. The van der Waals surface area contributed by atoms with Crippen LogP contribution >= 0.6 is 0 Å². The molecule has 5 atom stereocenters. The molecule has 0 radical (unpaired) electrons. The summed E-state index contributed by atoms with van der Waals surface area (Å²) in [5.41, 5.74) is -4.64. The number of aliphatic hydroxyl groups is 1. The van der Waals surface area contributed by atoms with E-state index in [1.54, 1.807) is 13.8 Å². The van der Waals surface area contributed by atoms with Crippen LogP contribution in [0.25, 0.3) is 0 Å². The molecule has 0 aliphatic carbocycles. The zero-order valence-corrected chi connectivity index (χ0v) is 15.3. The van der Waals surface area contributed by atoms with Gasteiger partial charge in [0.05, 0.1) is 46.4 Å². The Hall–Kier alpha value is -2.44. The minimum atomic E-state index is -4.82. The van der Waals surface area contributed by atoms with Crippen molar-refractivity contribution in [1.82, 2.24) is 0 Å². The number of rotatable bonds is 1. The molecule has 0 aromatic heterocycles. The Morgan fingerprint density at radius 3 is 2.43 bits per heavy atom. The van der Waals surface area contributed by atoms with Gasteiger partial charge in [0.2, 0.25) is 11.8 Å². The molecule has 1 N–H and O–H groups in total. The van der Waals surface area contributed by atoms with Gasteiger partial charge in [0.1, 0.15) is 5.60 Å². The van der Waals surface area contributed by atoms with Crippen LogP contribution in [0.2, 0.25) is 0 Å². The molecule has 28 heavy (non-hydrogen) atoms. The summed E-state index contributed by atoms with van der Waals surface area (Å²) < 4.78 is 46.4. The Labute approximate surface area is 158 Å². The number of benzene rings is 1. The van der Waals surface area contributed by atoms with Gasteiger partial charge in [0, 0.05) is 6.42 Å². The molecule has 0 spiro atoms. The average Bonchev–Trinajstić information content (AvgIpc) is 3.08. The number of fused-ring (bicyclic) bond motifs is 5. The highest BCUT2D eigenvalue weighted by atomic mass is 19.4. The lowest BCUT2D eigenvalue weighted by molar-refractivity contribution is -0.138. The van der Waals surface area contributed by atoms with Crippen LogP contribution in [0.1, 0.15) is 37.0 Å². The van der Waals surface area contributed by atoms with Crippen molar-refractivity contribution < 1.29 is 32.6 Å². The third-order valence-electron chi connectivity index (χ3n) is 6.38. The van der Waals surface area contributed by atoms with Gasteiger partial charge in [-0.15, -0.1) is 0 Å². The number of hydrogen-bond donors (Lipinski definition) is 1. The number of carbonyl (C=O) groups is 2. The third kappa shape index (κ3) is 2.10. The van der Waals surface area contributed by atoms with Crippen LogP contribution in [0.5, 0.6) is 0 Å². The normalized spacial score (nSPS) is 36.8. The number of amides is 2. The fraction of sp³-hybridized carbons (Fsp3) is 0.526. The number of halogens is 3. The Morgan fingerprint density at radius 2 is 1.86 bits per heavy atom. The molecule has 3 aliphatic rings. The Kier molecular flexibility index (Phi) is 3.60. The van der Waals surface area contributed by atoms with Gasteiger partial charge in [-0.3, -0.25) is 9.59 Å². The number of nitrogens with zero attached hydrogens (tertiary/aromatic N) is 2. The number of carbonyl (C=O) groups excluding carboxylic acids is 2. The smallest absolute Gasteiger partial charge is 0.390 e. The number of hydrogen-bond acceptors (Lipinski definition) is 5. The van der Waals surface area contributed by atoms with Crippen LogP contribution < -0.4 is 4.90 Å². The van der Waals surface area contributed by atoms with Gasteiger partial charge in [0.25, 0.3) is 0 Å². The minimum absolute atomic E-state index is 0.164. The number of aliphatic hydroxyl groups excluding tert-OH is 1. The molecule has 3 saturated heterocycles. The van der Waals surface area contributed by atoms with Gasteiger partial charge in [0.15, 0.2) is 0 Å². The summed E-state index contributed by atoms with van der Waals surface area (Å²) >= 11 is 0. The topological polar surface area (TPSA) is 90.6 Å².